The van der Waals surface area contributed by atoms with Crippen molar-refractivity contribution in [2.24, 2.45) is 11.8 Å². The summed E-state index contributed by atoms with van der Waals surface area (Å²) in [7, 11) is 0. The van der Waals surface area contributed by atoms with E-state index in [-0.39, 0.29) is 13.1 Å². The molecular formula is C26H24N2O6. The van der Waals surface area contributed by atoms with Crippen LogP contribution in [-0.2, 0) is 28.8 Å². The molecule has 4 atom stereocenters. The molecule has 4 rings (SSSR count). The third-order valence-corrected chi connectivity index (χ3v) is 6.55. The minimum Gasteiger partial charge on any atom is -0.326 e. The van der Waals surface area contributed by atoms with Gasteiger partial charge in [0.1, 0.15) is 23.4 Å². The number of hydrogen-bond acceptors (Lipinski definition) is 6. The Hall–Kier alpha value is -3.94. The van der Waals surface area contributed by atoms with Gasteiger partial charge in [0.25, 0.3) is 11.8 Å². The Balaban J connectivity index is 1.67. The molecule has 0 aromatic heterocycles. The van der Waals surface area contributed by atoms with Crippen LogP contribution in [0, 0.1) is 11.8 Å². The smallest absolute Gasteiger partial charge is 0.291 e. The predicted octanol–water partition coefficient (Wildman–Crippen LogP) is 1.70. The van der Waals surface area contributed by atoms with E-state index in [1.165, 1.54) is 23.6 Å². The number of carbonyl (C=O) groups excluding carboxylic acids is 6. The molecule has 0 N–H and O–H groups in total. The molecule has 0 spiro atoms. The summed E-state index contributed by atoms with van der Waals surface area (Å²) in [4.78, 5) is 78.3. The van der Waals surface area contributed by atoms with Crippen LogP contribution in [0.2, 0.25) is 0 Å². The molecule has 0 aliphatic carbocycles. The van der Waals surface area contributed by atoms with Gasteiger partial charge in [-0.15, -0.1) is 0 Å². The summed E-state index contributed by atoms with van der Waals surface area (Å²) in [6.45, 7) is 2.42. The first-order valence-electron chi connectivity index (χ1n) is 11.0. The lowest BCUT2D eigenvalue weighted by Crippen LogP contribution is -2.40. The van der Waals surface area contributed by atoms with Gasteiger partial charge in [0.15, 0.2) is 0 Å². The van der Waals surface area contributed by atoms with Gasteiger partial charge in [-0.05, 0) is 25.0 Å². The Kier molecular flexibility index (Phi) is 6.24. The summed E-state index contributed by atoms with van der Waals surface area (Å²) in [6, 6.07) is 15.9. The van der Waals surface area contributed by atoms with Crippen molar-refractivity contribution in [3.8, 4) is 0 Å². The van der Waals surface area contributed by atoms with Gasteiger partial charge in [0, 0.05) is 13.1 Å². The molecule has 4 unspecified atom stereocenters. The molecule has 2 fully saturated rings. The molecule has 0 bridgehead atoms. The largest absolute Gasteiger partial charge is 0.326 e. The Morgan fingerprint density at radius 1 is 0.618 bits per heavy atom. The van der Waals surface area contributed by atoms with Crippen molar-refractivity contribution in [3.05, 3.63) is 71.8 Å². The average Bonchev–Trinajstić information content (AvgIpc) is 3.23. The monoisotopic (exact) mass is 460 g/mol. The van der Waals surface area contributed by atoms with Crippen molar-refractivity contribution in [1.29, 1.82) is 0 Å². The van der Waals surface area contributed by atoms with E-state index in [0.717, 1.165) is 0 Å². The van der Waals surface area contributed by atoms with Crippen LogP contribution in [0.3, 0.4) is 0 Å². The van der Waals surface area contributed by atoms with Crippen LogP contribution in [0.4, 0.5) is 0 Å². The van der Waals surface area contributed by atoms with Gasteiger partial charge in [-0.2, -0.15) is 0 Å². The molecule has 2 saturated heterocycles. The first kappa shape index (κ1) is 23.2. The maximum atomic E-state index is 12.9. The van der Waals surface area contributed by atoms with E-state index < -0.39 is 58.9 Å². The van der Waals surface area contributed by atoms with E-state index in [2.05, 4.69) is 0 Å². The highest BCUT2D eigenvalue weighted by molar-refractivity contribution is 6.43. The molecule has 174 valence electrons. The molecule has 2 heterocycles. The van der Waals surface area contributed by atoms with E-state index in [0.29, 0.717) is 11.1 Å². The van der Waals surface area contributed by atoms with E-state index in [9.17, 15) is 28.8 Å². The third-order valence-electron chi connectivity index (χ3n) is 6.55. The Morgan fingerprint density at radius 3 is 1.24 bits per heavy atom. The van der Waals surface area contributed by atoms with E-state index >= 15 is 0 Å². The molecule has 2 aromatic carbocycles. The quantitative estimate of drug-likeness (QED) is 0.460. The summed E-state index contributed by atoms with van der Waals surface area (Å²) in [6.07, 6.45) is 0. The van der Waals surface area contributed by atoms with Crippen molar-refractivity contribution in [2.75, 3.05) is 13.1 Å². The summed E-state index contributed by atoms with van der Waals surface area (Å²) < 4.78 is 0. The van der Waals surface area contributed by atoms with Crippen LogP contribution < -0.4 is 0 Å². The molecule has 0 radical (unpaired) electrons. The second kappa shape index (κ2) is 9.13. The van der Waals surface area contributed by atoms with E-state index in [1.807, 2.05) is 0 Å². The minimum atomic E-state index is -1.14. The van der Waals surface area contributed by atoms with Crippen LogP contribution in [0.15, 0.2) is 60.7 Å². The number of likely N-dealkylation sites (tertiary alicyclic amines) is 2. The number of benzene rings is 2. The lowest BCUT2D eigenvalue weighted by atomic mass is 9.89. The molecular weight excluding hydrogens is 436 g/mol. The fourth-order valence-electron chi connectivity index (χ4n) is 5.00. The summed E-state index contributed by atoms with van der Waals surface area (Å²) in [5, 5.41) is 0. The SMILES string of the molecule is CC(=O)C1C(=O)C(=O)N(CCN2C(=O)C(=O)C(C(C)=O)C2c2ccccc2)C1c1ccccc1. The fourth-order valence-corrected chi connectivity index (χ4v) is 5.00. The molecule has 2 aliphatic rings. The lowest BCUT2D eigenvalue weighted by Gasteiger charge is -2.31. The molecule has 8 heteroatoms. The maximum absolute atomic E-state index is 12.9. The maximum Gasteiger partial charge on any atom is 0.291 e. The van der Waals surface area contributed by atoms with E-state index in [1.54, 1.807) is 60.7 Å². The molecule has 2 aliphatic heterocycles. The second-order valence-corrected chi connectivity index (χ2v) is 8.61. The Morgan fingerprint density at radius 2 is 0.941 bits per heavy atom. The number of nitrogens with zero attached hydrogens (tertiary/aromatic N) is 2. The van der Waals surface area contributed by atoms with Gasteiger partial charge in [-0.25, -0.2) is 0 Å². The number of amides is 2. The summed E-state index contributed by atoms with van der Waals surface area (Å²) >= 11 is 0. The normalized spacial score (nSPS) is 24.8. The van der Waals surface area contributed by atoms with Gasteiger partial charge in [0.05, 0.1) is 12.1 Å². The second-order valence-electron chi connectivity index (χ2n) is 8.61. The zero-order valence-corrected chi connectivity index (χ0v) is 18.8. The highest BCUT2D eigenvalue weighted by Gasteiger charge is 2.53. The fraction of sp³-hybridized carbons (Fsp3) is 0.308. The molecule has 2 amide bonds. The van der Waals surface area contributed by atoms with Crippen molar-refractivity contribution < 1.29 is 28.8 Å². The highest BCUT2D eigenvalue weighted by Crippen LogP contribution is 2.39. The number of hydrogen-bond donors (Lipinski definition) is 0. The number of carbonyl (C=O) groups is 6. The first-order valence-corrected chi connectivity index (χ1v) is 11.0. The van der Waals surface area contributed by atoms with Gasteiger partial charge < -0.3 is 9.80 Å². The molecule has 8 nitrogen and oxygen atoms in total. The van der Waals surface area contributed by atoms with E-state index in [4.69, 9.17) is 0 Å². The first-order chi connectivity index (χ1) is 16.2. The number of ketones is 4. The topological polar surface area (TPSA) is 109 Å². The number of Topliss-reactive ketones (excluding diaryl/α,β-unsaturated/α-hetero) is 4. The van der Waals surface area contributed by atoms with Gasteiger partial charge in [0.2, 0.25) is 11.6 Å². The van der Waals surface area contributed by atoms with Crippen LogP contribution >= 0.6 is 0 Å². The van der Waals surface area contributed by atoms with Crippen LogP contribution in [0.1, 0.15) is 37.1 Å². The zero-order chi connectivity index (χ0) is 24.6. The summed E-state index contributed by atoms with van der Waals surface area (Å²) in [5.41, 5.74) is 1.26. The van der Waals surface area contributed by atoms with Crippen LogP contribution in [-0.4, -0.2) is 57.8 Å². The average molecular weight is 460 g/mol. The molecule has 34 heavy (non-hydrogen) atoms. The van der Waals surface area contributed by atoms with Gasteiger partial charge >= 0.3 is 0 Å². The van der Waals surface area contributed by atoms with Crippen molar-refractivity contribution in [3.63, 3.8) is 0 Å². The number of rotatable bonds is 7. The van der Waals surface area contributed by atoms with Crippen LogP contribution in [0.25, 0.3) is 0 Å². The van der Waals surface area contributed by atoms with Gasteiger partial charge in [-0.1, -0.05) is 60.7 Å². The predicted molar refractivity (Wildman–Crippen MR) is 120 cm³/mol. The highest BCUT2D eigenvalue weighted by atomic mass is 16.2. The van der Waals surface area contributed by atoms with Crippen LogP contribution in [0.5, 0.6) is 0 Å². The Bertz CT molecular complexity index is 1080. The standard InChI is InChI=1S/C26H24N2O6/c1-15(29)19-21(17-9-5-3-6-10-17)27(25(33)23(19)31)13-14-28-22(18-11-7-4-8-12-18)20(16(2)30)24(32)26(28)34/h3-12,19-22H,13-14H2,1-2H3. The molecule has 0 saturated carbocycles. The summed E-state index contributed by atoms with van der Waals surface area (Å²) in [5.74, 6) is -6.28. The Labute approximate surface area is 196 Å². The molecule has 2 aromatic rings. The third kappa shape index (κ3) is 3.85. The van der Waals surface area contributed by atoms with Crippen molar-refractivity contribution >= 4 is 34.9 Å². The van der Waals surface area contributed by atoms with Gasteiger partial charge in [-0.3, -0.25) is 28.8 Å². The zero-order valence-electron chi connectivity index (χ0n) is 18.8. The van der Waals surface area contributed by atoms with Crippen molar-refractivity contribution in [2.45, 2.75) is 25.9 Å². The van der Waals surface area contributed by atoms with Crippen molar-refractivity contribution in [1.82, 2.24) is 9.80 Å². The minimum absolute atomic E-state index is 0.0686. The lowest BCUT2D eigenvalue weighted by molar-refractivity contribution is -0.143.